The Morgan fingerprint density at radius 3 is 0.771 bits per heavy atom. The highest BCUT2D eigenvalue weighted by molar-refractivity contribution is 7.85. The Kier molecular flexibility index (Phi) is 24.7. The summed E-state index contributed by atoms with van der Waals surface area (Å²) in [5.41, 5.74) is -11.3. The maximum Gasteiger partial charge on any atom is 0.411 e. The minimum Gasteiger partial charge on any atom is -0.486 e. The molecule has 0 aromatic heterocycles. The standard InChI is InChI=1S/C37H26F14O4.C37H28F12O4.2CH4O3S/c1-21-3-9-24(10-4-21)33(36(46,47)48,37(49,50)51)25-11-17-27(18-12-25)54-32(43)20-30(40,41)35(32,45)55-28-15-7-23(8-16-28)22-5-13-26(14-6-22)53-31(42)19-29(38,39)34(31,44)52-2;1-21-3-9-24(10-4-21)34(36(44,45)46,37(47,48)49)25-11-17-26(18-12-25)51-29-19-31(38,39)30(29)52-27-13-5-22(6-14-27)23-7-15-28(16-8-23)53-33(42)20-32(40,41)35(33,43)50-2;2*1-5(2,3)4/h3-18H,19-20H2,1-2H3;3-18,29-30H,19-20H2,1-2H3;2*1H3,(H,2,3,4). The predicted octanol–water partition coefficient (Wildman–Crippen LogP) is 21.0. The van der Waals surface area contributed by atoms with Crippen molar-refractivity contribution < 1.29 is 178 Å². The summed E-state index contributed by atoms with van der Waals surface area (Å²) in [6.07, 6.45) is -31.3. The Morgan fingerprint density at radius 1 is 0.322 bits per heavy atom. The lowest BCUT2D eigenvalue weighted by Crippen LogP contribution is -2.76. The average molecular weight is 1760 g/mol. The van der Waals surface area contributed by atoms with Crippen LogP contribution in [0.15, 0.2) is 194 Å². The third-order valence-electron chi connectivity index (χ3n) is 19.0. The Morgan fingerprint density at radius 2 is 0.534 bits per heavy atom. The van der Waals surface area contributed by atoms with Crippen molar-refractivity contribution in [3.05, 3.63) is 228 Å². The van der Waals surface area contributed by atoms with Crippen molar-refractivity contribution in [2.24, 2.45) is 0 Å². The van der Waals surface area contributed by atoms with E-state index in [4.69, 9.17) is 37.5 Å². The van der Waals surface area contributed by atoms with Gasteiger partial charge in [-0.3, -0.25) is 9.11 Å². The van der Waals surface area contributed by atoms with Crippen LogP contribution >= 0.6 is 0 Å². The summed E-state index contributed by atoms with van der Waals surface area (Å²) in [7, 11) is -6.20. The molecule has 0 amide bonds. The van der Waals surface area contributed by atoms with Gasteiger partial charge in [0, 0.05) is 14.2 Å². The van der Waals surface area contributed by atoms with Crippen LogP contribution in [-0.2, 0) is 40.5 Å². The Bertz CT molecular complexity index is 5000. The molecular weight excluding hydrogens is 1690 g/mol. The fourth-order valence-corrected chi connectivity index (χ4v) is 13.0. The van der Waals surface area contributed by atoms with Gasteiger partial charge in [-0.1, -0.05) is 132 Å². The lowest BCUT2D eigenvalue weighted by atomic mass is 9.72. The van der Waals surface area contributed by atoms with E-state index in [1.807, 2.05) is 0 Å². The number of alkyl halides is 26. The first-order chi connectivity index (χ1) is 53.8. The van der Waals surface area contributed by atoms with Crippen molar-refractivity contribution in [3.63, 3.8) is 0 Å². The van der Waals surface area contributed by atoms with Crippen molar-refractivity contribution in [2.75, 3.05) is 26.7 Å². The zero-order chi connectivity index (χ0) is 88.5. The lowest BCUT2D eigenvalue weighted by Gasteiger charge is -2.51. The zero-order valence-corrected chi connectivity index (χ0v) is 62.5. The van der Waals surface area contributed by atoms with Crippen LogP contribution in [0.4, 0.5) is 114 Å². The summed E-state index contributed by atoms with van der Waals surface area (Å²) in [6.45, 7) is 2.95. The molecule has 8 atom stereocenters. The van der Waals surface area contributed by atoms with Crippen LogP contribution in [0.3, 0.4) is 0 Å². The van der Waals surface area contributed by atoms with Crippen molar-refractivity contribution in [3.8, 4) is 56.8 Å². The quantitative estimate of drug-likeness (QED) is 0.0543. The first-order valence-corrected chi connectivity index (χ1v) is 37.3. The van der Waals surface area contributed by atoms with E-state index in [0.717, 1.165) is 72.8 Å². The van der Waals surface area contributed by atoms with Gasteiger partial charge < -0.3 is 37.9 Å². The number of rotatable bonds is 20. The van der Waals surface area contributed by atoms with Crippen LogP contribution in [0.2, 0.25) is 0 Å². The van der Waals surface area contributed by atoms with Crippen molar-refractivity contribution in [2.45, 2.75) is 146 Å². The second-order valence-corrected chi connectivity index (χ2v) is 30.4. The number of methoxy groups -OCH3 is 2. The average Bonchev–Trinajstić information content (AvgIpc) is 0.706. The molecule has 118 heavy (non-hydrogen) atoms. The molecule has 0 aliphatic heterocycles. The summed E-state index contributed by atoms with van der Waals surface area (Å²) in [4.78, 5) is 0. The number of hydrogen-bond donors (Lipinski definition) is 2. The van der Waals surface area contributed by atoms with Gasteiger partial charge in [0.15, 0.2) is 6.10 Å². The summed E-state index contributed by atoms with van der Waals surface area (Å²) < 4.78 is 466. The van der Waals surface area contributed by atoms with E-state index in [1.165, 1.54) is 86.6 Å². The predicted molar refractivity (Wildman–Crippen MR) is 366 cm³/mol. The Hall–Kier alpha value is -9.52. The smallest absolute Gasteiger partial charge is 0.411 e. The highest BCUT2D eigenvalue weighted by Gasteiger charge is 2.87. The first kappa shape index (κ1) is 92.4. The minimum atomic E-state index is -5.96. The van der Waals surface area contributed by atoms with Crippen LogP contribution in [0.25, 0.3) is 22.3 Å². The summed E-state index contributed by atoms with van der Waals surface area (Å²) in [5, 5.41) is 0. The molecule has 0 radical (unpaired) electrons. The molecule has 0 spiro atoms. The molecule has 2 N–H and O–H groups in total. The fraction of sp³-hybridized carbons (Fsp3) is 0.368. The molecule has 0 bridgehead atoms. The maximum absolute atomic E-state index is 15.8. The molecule has 4 aliphatic carbocycles. The van der Waals surface area contributed by atoms with Gasteiger partial charge in [0.25, 0.3) is 26.2 Å². The maximum atomic E-state index is 15.8. The van der Waals surface area contributed by atoms with E-state index in [0.29, 0.717) is 103 Å². The molecule has 644 valence electrons. The molecule has 8 unspecified atom stereocenters. The van der Waals surface area contributed by atoms with Crippen molar-refractivity contribution in [1.29, 1.82) is 0 Å². The zero-order valence-electron chi connectivity index (χ0n) is 60.9. The number of ether oxygens (including phenoxy) is 8. The van der Waals surface area contributed by atoms with E-state index in [-0.39, 0.29) is 28.6 Å². The molecule has 4 aliphatic rings. The molecule has 4 saturated carbocycles. The van der Waals surface area contributed by atoms with Crippen LogP contribution in [0.1, 0.15) is 59.1 Å². The summed E-state index contributed by atoms with van der Waals surface area (Å²) in [5.74, 6) is -42.2. The van der Waals surface area contributed by atoms with Crippen LogP contribution in [0, 0.1) is 13.8 Å². The van der Waals surface area contributed by atoms with E-state index in [1.54, 1.807) is 0 Å². The molecule has 14 nitrogen and oxygen atoms in total. The number of benzene rings is 8. The Balaban J connectivity index is 0.000000241. The normalized spacial score (nSPS) is 25.1. The van der Waals surface area contributed by atoms with Crippen molar-refractivity contribution >= 4 is 20.2 Å². The van der Waals surface area contributed by atoms with Crippen LogP contribution in [0.5, 0.6) is 34.5 Å². The van der Waals surface area contributed by atoms with Crippen LogP contribution < -0.4 is 28.4 Å². The molecule has 0 heterocycles. The molecule has 8 aromatic rings. The third-order valence-corrected chi connectivity index (χ3v) is 19.0. The number of halogens is 26. The molecule has 42 heteroatoms. The second kappa shape index (κ2) is 31.6. The SMILES string of the molecule is COC1(F)C(F)(F)CC1(F)Oc1ccc(-c2ccc(OC3(F)C(F)(F)CC3(F)Oc3ccc(C(c4ccc(C)cc4)(C(F)(F)F)C(F)(F)F)cc3)cc2)cc1.COC1(F)C(F)(F)CC1(F)Oc1ccc(-c2ccc(OC3C(Oc4ccc(C(c5ccc(C)cc5)(C(F)(F)F)C(F)(F)F)cc4)CC3(F)F)cc2)cc1.CS(=O)(=O)O.CS(=O)(=O)O. The van der Waals surface area contributed by atoms with Crippen LogP contribution in [-0.4, -0.2) is 148 Å². The van der Waals surface area contributed by atoms with Gasteiger partial charge in [0.05, 0.1) is 38.2 Å². The number of aryl methyl sites for hydroxylation is 2. The van der Waals surface area contributed by atoms with Crippen molar-refractivity contribution in [1.82, 2.24) is 0 Å². The van der Waals surface area contributed by atoms with E-state index in [9.17, 15) is 122 Å². The fourth-order valence-electron chi connectivity index (χ4n) is 13.0. The van der Waals surface area contributed by atoms with Gasteiger partial charge in [-0.05, 0) is 131 Å². The van der Waals surface area contributed by atoms with Gasteiger partial charge in [-0.15, -0.1) is 0 Å². The monoisotopic (exact) mass is 1760 g/mol. The van der Waals surface area contributed by atoms with E-state index in [2.05, 4.69) is 9.47 Å². The third kappa shape index (κ3) is 17.6. The van der Waals surface area contributed by atoms with Gasteiger partial charge >= 0.3 is 77.6 Å². The second-order valence-electron chi connectivity index (χ2n) is 27.4. The molecule has 4 fully saturated rings. The van der Waals surface area contributed by atoms with Gasteiger partial charge in [-0.25, -0.2) is 8.78 Å². The number of hydrogen-bond acceptors (Lipinski definition) is 12. The molecule has 0 saturated heterocycles. The minimum absolute atomic E-state index is 0.0376. The van der Waals surface area contributed by atoms with Gasteiger partial charge in [0.2, 0.25) is 10.8 Å². The topological polar surface area (TPSA) is 183 Å². The van der Waals surface area contributed by atoms with E-state index >= 15 is 8.78 Å². The van der Waals surface area contributed by atoms with Gasteiger partial charge in [0.1, 0.15) is 40.6 Å². The molecular formula is C76H62F26O14S2. The Labute approximate surface area is 653 Å². The highest BCUT2D eigenvalue weighted by atomic mass is 32.2. The van der Waals surface area contributed by atoms with E-state index < -0.39 is 186 Å². The molecule has 12 rings (SSSR count). The lowest BCUT2D eigenvalue weighted by molar-refractivity contribution is -0.444. The first-order valence-electron chi connectivity index (χ1n) is 33.6. The molecule has 8 aromatic carbocycles. The van der Waals surface area contributed by atoms with Gasteiger partial charge in [-0.2, -0.15) is 122 Å². The highest BCUT2D eigenvalue weighted by Crippen LogP contribution is 2.64. The summed E-state index contributed by atoms with van der Waals surface area (Å²) >= 11 is 0. The largest absolute Gasteiger partial charge is 0.486 e. The summed E-state index contributed by atoms with van der Waals surface area (Å²) in [6, 6.07) is 31.3.